The van der Waals surface area contributed by atoms with E-state index in [1.807, 2.05) is 0 Å². The van der Waals surface area contributed by atoms with Gasteiger partial charge in [0, 0.05) is 19.3 Å². The Balaban J connectivity index is 1.90. The topological polar surface area (TPSA) is 237 Å². The zero-order valence-corrected chi connectivity index (χ0v) is 51.0. The molecule has 2 heterocycles. The molecule has 0 aliphatic carbocycles. The number of hydrogen-bond donors (Lipinski definition) is 6. The molecule has 81 heavy (non-hydrogen) atoms. The number of carbonyl (C=O) groups is 3. The molecular weight excluding hydrogens is 1040 g/mol. The van der Waals surface area contributed by atoms with Gasteiger partial charge >= 0.3 is 17.9 Å². The summed E-state index contributed by atoms with van der Waals surface area (Å²) >= 11 is 0. The summed E-state index contributed by atoms with van der Waals surface area (Å²) in [5.41, 5.74) is 0. The number of aliphatic hydroxyl groups excluding tert-OH is 6. The van der Waals surface area contributed by atoms with Crippen LogP contribution < -0.4 is 0 Å². The maximum atomic E-state index is 13.2. The lowest BCUT2D eigenvalue weighted by molar-refractivity contribution is -0.333. The van der Waals surface area contributed by atoms with E-state index in [1.54, 1.807) is 0 Å². The summed E-state index contributed by atoms with van der Waals surface area (Å²) in [6, 6.07) is 0. The number of rotatable bonds is 53. The molecule has 2 aliphatic heterocycles. The van der Waals surface area contributed by atoms with E-state index < -0.39 is 105 Å². The molecule has 0 spiro atoms. The molecule has 0 radical (unpaired) electrons. The summed E-state index contributed by atoms with van der Waals surface area (Å²) < 4.78 is 40.1. The molecule has 474 valence electrons. The zero-order chi connectivity index (χ0) is 59.0. The van der Waals surface area contributed by atoms with Crippen LogP contribution >= 0.6 is 0 Å². The largest absolute Gasteiger partial charge is 0.462 e. The van der Waals surface area contributed by atoms with E-state index in [1.165, 1.54) is 128 Å². The van der Waals surface area contributed by atoms with Gasteiger partial charge in [0.15, 0.2) is 24.8 Å². The molecule has 16 nitrogen and oxygen atoms in total. The van der Waals surface area contributed by atoms with Gasteiger partial charge in [-0.3, -0.25) is 14.4 Å². The second kappa shape index (κ2) is 50.8. The Morgan fingerprint density at radius 3 is 1.32 bits per heavy atom. The molecule has 0 aromatic rings. The summed E-state index contributed by atoms with van der Waals surface area (Å²) in [7, 11) is 0. The SMILES string of the molecule is CCCCCC=CCC=CCCCCCCCC(=O)OC(COC(=O)CCCCCCCCCCCCCCC)COC1OC(COC2OC(CO)C(O)C(OC(=O)CCCCCCCCCCCCCCC)C2O)C(O)C(O)C1O. The highest BCUT2D eigenvalue weighted by Crippen LogP contribution is 2.28. The number of unbranched alkanes of at least 4 members (excludes halogenated alkanes) is 32. The van der Waals surface area contributed by atoms with Gasteiger partial charge in [-0.15, -0.1) is 0 Å². The molecule has 11 atom stereocenters. The van der Waals surface area contributed by atoms with Crippen LogP contribution in [0.1, 0.15) is 278 Å². The first-order chi connectivity index (χ1) is 39.5. The van der Waals surface area contributed by atoms with E-state index in [2.05, 4.69) is 45.1 Å². The Morgan fingerprint density at radius 2 is 0.827 bits per heavy atom. The molecule has 11 unspecified atom stereocenters. The third kappa shape index (κ3) is 36.8. The molecule has 2 aliphatic rings. The Bertz CT molecular complexity index is 1560. The van der Waals surface area contributed by atoms with Crippen molar-refractivity contribution in [2.75, 3.05) is 26.4 Å². The highest BCUT2D eigenvalue weighted by atomic mass is 16.7. The summed E-state index contributed by atoms with van der Waals surface area (Å²) in [4.78, 5) is 39.0. The van der Waals surface area contributed by atoms with E-state index in [4.69, 9.17) is 33.2 Å². The van der Waals surface area contributed by atoms with E-state index >= 15 is 0 Å². The molecule has 0 amide bonds. The van der Waals surface area contributed by atoms with Crippen LogP contribution in [0, 0.1) is 0 Å². The van der Waals surface area contributed by atoms with Gasteiger partial charge in [0.05, 0.1) is 19.8 Å². The van der Waals surface area contributed by atoms with Crippen LogP contribution in [0.25, 0.3) is 0 Å². The van der Waals surface area contributed by atoms with Crippen molar-refractivity contribution in [2.45, 2.75) is 345 Å². The van der Waals surface area contributed by atoms with Gasteiger partial charge in [0.25, 0.3) is 0 Å². The molecule has 2 saturated heterocycles. The first-order valence-electron chi connectivity index (χ1n) is 32.9. The van der Waals surface area contributed by atoms with Crippen molar-refractivity contribution < 1.29 is 78.2 Å². The van der Waals surface area contributed by atoms with E-state index in [0.717, 1.165) is 89.9 Å². The van der Waals surface area contributed by atoms with Crippen molar-refractivity contribution in [3.05, 3.63) is 24.3 Å². The van der Waals surface area contributed by atoms with Crippen LogP contribution in [-0.2, 0) is 47.5 Å². The third-order valence-electron chi connectivity index (χ3n) is 15.7. The molecule has 6 N–H and O–H groups in total. The minimum atomic E-state index is -1.79. The molecular formula is C65H118O16. The van der Waals surface area contributed by atoms with Crippen molar-refractivity contribution in [3.63, 3.8) is 0 Å². The number of carbonyl (C=O) groups excluding carboxylic acids is 3. The van der Waals surface area contributed by atoms with Crippen molar-refractivity contribution in [2.24, 2.45) is 0 Å². The van der Waals surface area contributed by atoms with Crippen molar-refractivity contribution in [1.82, 2.24) is 0 Å². The Morgan fingerprint density at radius 1 is 0.420 bits per heavy atom. The number of esters is 3. The van der Waals surface area contributed by atoms with Crippen molar-refractivity contribution in [3.8, 4) is 0 Å². The summed E-state index contributed by atoms with van der Waals surface area (Å²) in [5.74, 6) is -1.57. The number of allylic oxidation sites excluding steroid dienone is 4. The molecule has 16 heteroatoms. The average Bonchev–Trinajstić information content (AvgIpc) is 3.54. The van der Waals surface area contributed by atoms with E-state index in [9.17, 15) is 45.0 Å². The van der Waals surface area contributed by atoms with Gasteiger partial charge < -0.3 is 63.8 Å². The fraction of sp³-hybridized carbons (Fsp3) is 0.892. The van der Waals surface area contributed by atoms with Crippen LogP contribution in [0.4, 0.5) is 0 Å². The molecule has 2 rings (SSSR count). The van der Waals surface area contributed by atoms with Crippen LogP contribution in [0.5, 0.6) is 0 Å². The molecule has 0 saturated carbocycles. The lowest BCUT2D eigenvalue weighted by Gasteiger charge is -2.43. The maximum absolute atomic E-state index is 13.2. The van der Waals surface area contributed by atoms with Crippen LogP contribution in [-0.4, -0.2) is 142 Å². The fourth-order valence-corrected chi connectivity index (χ4v) is 10.4. The molecule has 0 aromatic carbocycles. The lowest BCUT2D eigenvalue weighted by atomic mass is 9.98. The average molecular weight is 1160 g/mol. The van der Waals surface area contributed by atoms with E-state index in [-0.39, 0.29) is 25.9 Å². The molecule has 0 aromatic heterocycles. The molecule has 0 bridgehead atoms. The van der Waals surface area contributed by atoms with Gasteiger partial charge in [-0.25, -0.2) is 0 Å². The van der Waals surface area contributed by atoms with E-state index in [0.29, 0.717) is 19.3 Å². The number of ether oxygens (including phenoxy) is 7. The second-order valence-electron chi connectivity index (χ2n) is 23.1. The highest BCUT2D eigenvalue weighted by molar-refractivity contribution is 5.70. The van der Waals surface area contributed by atoms with Gasteiger partial charge in [0.2, 0.25) is 0 Å². The maximum Gasteiger partial charge on any atom is 0.306 e. The molecule has 2 fully saturated rings. The third-order valence-corrected chi connectivity index (χ3v) is 15.7. The second-order valence-corrected chi connectivity index (χ2v) is 23.1. The quantitative estimate of drug-likeness (QED) is 0.0144. The monoisotopic (exact) mass is 1150 g/mol. The Hall–Kier alpha value is -2.51. The Kier molecular flexibility index (Phi) is 46.8. The van der Waals surface area contributed by atoms with Gasteiger partial charge in [0.1, 0.15) is 49.3 Å². The summed E-state index contributed by atoms with van der Waals surface area (Å²) in [6.45, 7) is 4.72. The lowest BCUT2D eigenvalue weighted by Crippen LogP contribution is -2.62. The highest BCUT2D eigenvalue weighted by Gasteiger charge is 2.49. The van der Waals surface area contributed by atoms with Gasteiger partial charge in [-0.1, -0.05) is 231 Å². The van der Waals surface area contributed by atoms with Crippen molar-refractivity contribution in [1.29, 1.82) is 0 Å². The van der Waals surface area contributed by atoms with Crippen molar-refractivity contribution >= 4 is 17.9 Å². The van der Waals surface area contributed by atoms with Gasteiger partial charge in [-0.2, -0.15) is 0 Å². The standard InChI is InChI=1S/C65H118O16/c1-4-7-10-13-16-19-22-25-26-29-32-34-37-40-43-46-56(68)78-52(49-75-55(67)45-42-39-36-33-30-27-23-20-17-14-11-8-5-2)50-76-64-61(73)60(72)58(70)54(80-64)51-77-65-62(74)63(59(71)53(48-66)79-65)81-57(69)47-44-41-38-35-31-28-24-21-18-15-12-9-6-3/h16,19,25-26,52-54,58-66,70-74H,4-15,17-18,20-24,27-51H2,1-3H3. The first-order valence-corrected chi connectivity index (χ1v) is 32.9. The smallest absolute Gasteiger partial charge is 0.306 e. The van der Waals surface area contributed by atoms with Crippen LogP contribution in [0.2, 0.25) is 0 Å². The first kappa shape index (κ1) is 74.6. The van der Waals surface area contributed by atoms with Crippen LogP contribution in [0.3, 0.4) is 0 Å². The van der Waals surface area contributed by atoms with Crippen LogP contribution in [0.15, 0.2) is 24.3 Å². The summed E-state index contributed by atoms with van der Waals surface area (Å²) in [5, 5.41) is 65.0. The van der Waals surface area contributed by atoms with Gasteiger partial charge in [-0.05, 0) is 51.4 Å². The minimum Gasteiger partial charge on any atom is -0.462 e. The predicted molar refractivity (Wildman–Crippen MR) is 317 cm³/mol. The summed E-state index contributed by atoms with van der Waals surface area (Å²) in [6.07, 6.45) is 34.0. The predicted octanol–water partition coefficient (Wildman–Crippen LogP) is 12.4. The number of aliphatic hydroxyl groups is 6. The Labute approximate surface area is 490 Å². The zero-order valence-electron chi connectivity index (χ0n) is 51.0. The fourth-order valence-electron chi connectivity index (χ4n) is 10.4. The normalized spacial score (nSPS) is 23.6. The minimum absolute atomic E-state index is 0.0755. The number of hydrogen-bond acceptors (Lipinski definition) is 16.